The third-order valence-electron chi connectivity index (χ3n) is 4.30. The zero-order valence-corrected chi connectivity index (χ0v) is 15.4. The zero-order chi connectivity index (χ0) is 18.2. The predicted octanol–water partition coefficient (Wildman–Crippen LogP) is 2.45. The Morgan fingerprint density at radius 1 is 1.08 bits per heavy atom. The minimum absolute atomic E-state index is 0.0785. The van der Waals surface area contributed by atoms with Crippen molar-refractivity contribution in [2.75, 3.05) is 14.2 Å². The molecule has 0 saturated heterocycles. The molecule has 5 N–H and O–H groups in total. The van der Waals surface area contributed by atoms with E-state index in [9.17, 15) is 0 Å². The van der Waals surface area contributed by atoms with E-state index in [1.807, 2.05) is 18.2 Å². The number of benzene rings is 2. The van der Waals surface area contributed by atoms with Gasteiger partial charge in [-0.2, -0.15) is 0 Å². The number of hydrogen-bond donors (Lipinski definition) is 4. The monoisotopic (exact) mass is 340 g/mol. The summed E-state index contributed by atoms with van der Waals surface area (Å²) < 4.78 is 5.39. The molecule has 2 aromatic carbocycles. The molecular weight excluding hydrogens is 312 g/mol. The molecule has 0 spiro atoms. The summed E-state index contributed by atoms with van der Waals surface area (Å²) in [5, 5.41) is 3.48. The van der Waals surface area contributed by atoms with Crippen LogP contribution in [0.5, 0.6) is 5.75 Å². The molecule has 0 aliphatic carbocycles. The lowest BCUT2D eigenvalue weighted by Gasteiger charge is -2.13. The number of aryl methyl sites for hydroxylation is 1. The van der Waals surface area contributed by atoms with Crippen molar-refractivity contribution in [3.05, 3.63) is 70.8 Å². The Balaban J connectivity index is 0.00000109. The summed E-state index contributed by atoms with van der Waals surface area (Å²) in [5.74, 6) is 0.907. The average molecular weight is 340 g/mol. The molecule has 1 heterocycles. The van der Waals surface area contributed by atoms with Crippen molar-refractivity contribution in [1.82, 2.24) is 16.2 Å². The van der Waals surface area contributed by atoms with Crippen LogP contribution in [0.1, 0.15) is 22.3 Å². The number of methoxy groups -OCH3 is 1. The molecular formula is C20H28N4O. The zero-order valence-electron chi connectivity index (χ0n) is 15.4. The quantitative estimate of drug-likeness (QED) is 0.673. The maximum absolute atomic E-state index is 5.39. The molecule has 2 aromatic rings. The number of hydrazine groups is 1. The van der Waals surface area contributed by atoms with Crippen LogP contribution in [0, 0.1) is 13.8 Å². The Bertz CT molecular complexity index is 727. The highest BCUT2D eigenvalue weighted by Gasteiger charge is 2.17. The van der Waals surface area contributed by atoms with Crippen LogP contribution in [0.4, 0.5) is 0 Å². The molecule has 1 aliphatic rings. The van der Waals surface area contributed by atoms with Crippen molar-refractivity contribution < 1.29 is 4.74 Å². The number of hydrogen-bond acceptors (Lipinski definition) is 5. The van der Waals surface area contributed by atoms with E-state index in [0.29, 0.717) is 0 Å². The molecule has 5 heteroatoms. The highest BCUT2D eigenvalue weighted by Crippen LogP contribution is 2.22. The van der Waals surface area contributed by atoms with E-state index in [0.717, 1.165) is 23.6 Å². The Morgan fingerprint density at radius 2 is 1.84 bits per heavy atom. The Morgan fingerprint density at radius 3 is 2.60 bits per heavy atom. The molecule has 1 aliphatic heterocycles. The Kier molecular flexibility index (Phi) is 7.01. The van der Waals surface area contributed by atoms with Gasteiger partial charge in [-0.15, -0.1) is 0 Å². The lowest BCUT2D eigenvalue weighted by molar-refractivity contribution is 0.404. The average Bonchev–Trinajstić information content (AvgIpc) is 3.13. The second-order valence-electron chi connectivity index (χ2n) is 5.77. The summed E-state index contributed by atoms with van der Waals surface area (Å²) in [7, 11) is 3.20. The number of nitrogens with two attached hydrogens (primary N) is 1. The molecule has 0 amide bonds. The molecule has 3 rings (SSSR count). The van der Waals surface area contributed by atoms with E-state index in [4.69, 9.17) is 4.74 Å². The Labute approximate surface area is 150 Å². The van der Waals surface area contributed by atoms with Gasteiger partial charge in [0.1, 0.15) is 5.75 Å². The van der Waals surface area contributed by atoms with Gasteiger partial charge in [-0.3, -0.25) is 5.32 Å². The number of para-hydroxylation sites is 1. The SMILES string of the molecule is CN.COc1ccccc1CNC1C=C(c2cccc(C)c2C)NN1. The smallest absolute Gasteiger partial charge is 0.123 e. The summed E-state index contributed by atoms with van der Waals surface area (Å²) >= 11 is 0. The third-order valence-corrected chi connectivity index (χ3v) is 4.30. The second kappa shape index (κ2) is 9.22. The number of nitrogens with one attached hydrogen (secondary N) is 3. The lowest BCUT2D eigenvalue weighted by atomic mass is 10.0. The van der Waals surface area contributed by atoms with Crippen LogP contribution in [-0.4, -0.2) is 20.3 Å². The van der Waals surface area contributed by atoms with Crippen molar-refractivity contribution in [2.45, 2.75) is 26.6 Å². The number of rotatable bonds is 5. The maximum atomic E-state index is 5.39. The molecule has 1 unspecified atom stereocenters. The van der Waals surface area contributed by atoms with Gasteiger partial charge in [0.25, 0.3) is 0 Å². The van der Waals surface area contributed by atoms with Crippen molar-refractivity contribution in [3.63, 3.8) is 0 Å². The van der Waals surface area contributed by atoms with Gasteiger partial charge >= 0.3 is 0 Å². The highest BCUT2D eigenvalue weighted by atomic mass is 16.5. The van der Waals surface area contributed by atoms with E-state index in [1.54, 1.807) is 7.11 Å². The highest BCUT2D eigenvalue weighted by molar-refractivity contribution is 5.69. The van der Waals surface area contributed by atoms with E-state index >= 15 is 0 Å². The molecule has 25 heavy (non-hydrogen) atoms. The first-order valence-electron chi connectivity index (χ1n) is 8.42. The molecule has 134 valence electrons. The summed E-state index contributed by atoms with van der Waals surface area (Å²) in [5.41, 5.74) is 17.1. The van der Waals surface area contributed by atoms with Gasteiger partial charge in [-0.25, -0.2) is 5.43 Å². The van der Waals surface area contributed by atoms with E-state index in [-0.39, 0.29) is 6.17 Å². The van der Waals surface area contributed by atoms with Crippen LogP contribution in [0.25, 0.3) is 5.70 Å². The molecule has 0 bridgehead atoms. The van der Waals surface area contributed by atoms with Gasteiger partial charge in [0.2, 0.25) is 0 Å². The van der Waals surface area contributed by atoms with Crippen LogP contribution in [0.15, 0.2) is 48.5 Å². The van der Waals surface area contributed by atoms with Crippen molar-refractivity contribution in [1.29, 1.82) is 0 Å². The van der Waals surface area contributed by atoms with Crippen LogP contribution >= 0.6 is 0 Å². The summed E-state index contributed by atoms with van der Waals surface area (Å²) in [6.45, 7) is 5.03. The lowest BCUT2D eigenvalue weighted by Crippen LogP contribution is -2.41. The fraction of sp³-hybridized carbons (Fsp3) is 0.300. The first kappa shape index (κ1) is 19.0. The third kappa shape index (κ3) is 4.60. The minimum atomic E-state index is 0.0785. The van der Waals surface area contributed by atoms with Crippen molar-refractivity contribution in [3.8, 4) is 5.75 Å². The molecule has 0 saturated carbocycles. The molecule has 0 fully saturated rings. The van der Waals surface area contributed by atoms with Crippen LogP contribution in [-0.2, 0) is 6.54 Å². The van der Waals surface area contributed by atoms with Crippen LogP contribution in [0.3, 0.4) is 0 Å². The van der Waals surface area contributed by atoms with Crippen LogP contribution in [0.2, 0.25) is 0 Å². The largest absolute Gasteiger partial charge is 0.496 e. The fourth-order valence-corrected chi connectivity index (χ4v) is 2.78. The van der Waals surface area contributed by atoms with E-state index in [2.05, 4.69) is 66.1 Å². The maximum Gasteiger partial charge on any atom is 0.123 e. The van der Waals surface area contributed by atoms with Gasteiger partial charge in [-0.1, -0.05) is 36.4 Å². The van der Waals surface area contributed by atoms with Gasteiger partial charge in [0.15, 0.2) is 0 Å². The predicted molar refractivity (Wildman–Crippen MR) is 104 cm³/mol. The molecule has 0 aromatic heterocycles. The van der Waals surface area contributed by atoms with Gasteiger partial charge < -0.3 is 15.9 Å². The first-order valence-corrected chi connectivity index (χ1v) is 8.42. The standard InChI is InChI=1S/C19H23N3O.CH5N/c1-13-7-6-9-16(14(13)2)17-11-19(22-21-17)20-12-15-8-4-5-10-18(15)23-3;1-2/h4-11,19-22H,12H2,1-3H3;2H2,1H3. The summed E-state index contributed by atoms with van der Waals surface area (Å²) in [4.78, 5) is 0. The molecule has 5 nitrogen and oxygen atoms in total. The summed E-state index contributed by atoms with van der Waals surface area (Å²) in [6.07, 6.45) is 2.26. The fourth-order valence-electron chi connectivity index (χ4n) is 2.78. The van der Waals surface area contributed by atoms with E-state index < -0.39 is 0 Å². The molecule has 1 atom stereocenters. The van der Waals surface area contributed by atoms with Gasteiger partial charge in [0.05, 0.1) is 19.0 Å². The van der Waals surface area contributed by atoms with Crippen molar-refractivity contribution >= 4 is 5.70 Å². The Hall–Kier alpha value is -2.34. The van der Waals surface area contributed by atoms with E-state index in [1.165, 1.54) is 23.7 Å². The number of ether oxygens (including phenoxy) is 1. The van der Waals surface area contributed by atoms with Gasteiger partial charge in [0, 0.05) is 17.7 Å². The van der Waals surface area contributed by atoms with Crippen molar-refractivity contribution in [2.24, 2.45) is 5.73 Å². The topological polar surface area (TPSA) is 71.3 Å². The van der Waals surface area contributed by atoms with Gasteiger partial charge in [-0.05, 0) is 44.2 Å². The normalized spacial score (nSPS) is 15.7. The minimum Gasteiger partial charge on any atom is -0.496 e. The second-order valence-corrected chi connectivity index (χ2v) is 5.77. The van der Waals surface area contributed by atoms with Crippen LogP contribution < -0.4 is 26.6 Å². The first-order chi connectivity index (χ1) is 12.2. The summed E-state index contributed by atoms with van der Waals surface area (Å²) in [6, 6.07) is 14.4. The molecule has 0 radical (unpaired) electrons.